The van der Waals surface area contributed by atoms with Crippen LogP contribution in [-0.2, 0) is 17.8 Å². The Balaban J connectivity index is 1.40. The van der Waals surface area contributed by atoms with Gasteiger partial charge in [0, 0.05) is 18.3 Å². The van der Waals surface area contributed by atoms with E-state index in [2.05, 4.69) is 20.3 Å². The zero-order valence-electron chi connectivity index (χ0n) is 20.5. The number of rotatable bonds is 5. The lowest BCUT2D eigenvalue weighted by Crippen LogP contribution is -2.47. The Morgan fingerprint density at radius 2 is 1.81 bits per heavy atom. The third kappa shape index (κ3) is 5.18. The highest BCUT2D eigenvalue weighted by atomic mass is 32.2. The number of thioether (sulfide) groups is 1. The molecule has 0 saturated heterocycles. The number of fused-ring (bicyclic) bond motifs is 3. The van der Waals surface area contributed by atoms with E-state index in [0.717, 1.165) is 63.6 Å². The molecular weight excluding hydrogens is 476 g/mol. The number of hydrogen-bond donors (Lipinski definition) is 2. The van der Waals surface area contributed by atoms with Gasteiger partial charge in [-0.25, -0.2) is 9.78 Å². The Morgan fingerprint density at radius 1 is 1.06 bits per heavy atom. The van der Waals surface area contributed by atoms with Crippen molar-refractivity contribution >= 4 is 23.7 Å². The summed E-state index contributed by atoms with van der Waals surface area (Å²) in [5, 5.41) is 10.1. The second-order valence-electron chi connectivity index (χ2n) is 9.61. The number of amides is 3. The molecule has 1 fully saturated rings. The van der Waals surface area contributed by atoms with Gasteiger partial charge in [0.25, 0.3) is 5.56 Å². The van der Waals surface area contributed by atoms with Crippen molar-refractivity contribution in [3.8, 4) is 17.1 Å². The lowest BCUT2D eigenvalue weighted by Gasteiger charge is -2.23. The van der Waals surface area contributed by atoms with Crippen LogP contribution in [0.4, 0.5) is 4.79 Å². The fourth-order valence-corrected chi connectivity index (χ4v) is 6.03. The highest BCUT2D eigenvalue weighted by Gasteiger charge is 2.29. The first kappa shape index (κ1) is 24.5. The summed E-state index contributed by atoms with van der Waals surface area (Å²) in [5.41, 5.74) is 2.00. The summed E-state index contributed by atoms with van der Waals surface area (Å²) in [6.45, 7) is 2.50. The summed E-state index contributed by atoms with van der Waals surface area (Å²) >= 11 is 1.30. The minimum Gasteiger partial charge on any atom is -0.335 e. The van der Waals surface area contributed by atoms with Gasteiger partial charge in [0.15, 0.2) is 11.0 Å². The molecule has 5 rings (SSSR count). The maximum Gasteiger partial charge on any atom is 0.321 e. The highest BCUT2D eigenvalue weighted by Crippen LogP contribution is 2.32. The number of carbonyl (C=O) groups is 2. The summed E-state index contributed by atoms with van der Waals surface area (Å²) in [6, 6.07) is 9.02. The van der Waals surface area contributed by atoms with Crippen LogP contribution in [-0.4, -0.2) is 42.6 Å². The number of nitrogens with one attached hydrogen (secondary N) is 2. The van der Waals surface area contributed by atoms with E-state index in [-0.39, 0.29) is 17.5 Å². The van der Waals surface area contributed by atoms with E-state index in [9.17, 15) is 14.4 Å². The topological polar surface area (TPSA) is 111 Å². The van der Waals surface area contributed by atoms with Gasteiger partial charge in [-0.15, -0.1) is 5.10 Å². The number of para-hydroxylation sites is 1. The number of hydrogen-bond acceptors (Lipinski definition) is 6. The van der Waals surface area contributed by atoms with Gasteiger partial charge < -0.3 is 9.88 Å². The molecular formula is C26H32N6O3S. The van der Waals surface area contributed by atoms with Crippen LogP contribution in [0.25, 0.3) is 17.1 Å². The van der Waals surface area contributed by atoms with Crippen LogP contribution in [0.5, 0.6) is 0 Å². The van der Waals surface area contributed by atoms with Gasteiger partial charge in [0.2, 0.25) is 5.91 Å². The molecule has 3 heterocycles. The second-order valence-corrected chi connectivity index (χ2v) is 10.9. The van der Waals surface area contributed by atoms with Crippen molar-refractivity contribution in [1.29, 1.82) is 0 Å². The monoisotopic (exact) mass is 508 g/mol. The molecule has 4 aliphatic rings. The first-order valence-corrected chi connectivity index (χ1v) is 13.7. The summed E-state index contributed by atoms with van der Waals surface area (Å²) in [7, 11) is 0. The molecule has 1 aliphatic carbocycles. The maximum absolute atomic E-state index is 13.4. The van der Waals surface area contributed by atoms with Crippen LogP contribution < -0.4 is 16.2 Å². The molecule has 10 heteroatoms. The number of aromatic nitrogens is 4. The molecule has 0 spiro atoms. The standard InChI is InChI=1S/C26H32N6O3S/c1-17(23(33)29-25(35)27-18-11-5-2-6-12-18)36-26-28-22-21(20-15-9-4-10-16-31(20)26)24(34)32(30-22)19-13-7-3-8-14-19/h3,7-8,13-14,17-18H,2,4-6,9-12,15-16H2,1H3,(H2,27,29,33,35)/t17-/m1/s1. The van der Waals surface area contributed by atoms with Crippen molar-refractivity contribution in [2.75, 3.05) is 0 Å². The average molecular weight is 509 g/mol. The fraction of sp³-hybridized carbons (Fsp3) is 0.500. The summed E-state index contributed by atoms with van der Waals surface area (Å²) in [6.07, 6.45) is 9.09. The van der Waals surface area contributed by atoms with Crippen LogP contribution in [0.15, 0.2) is 40.3 Å². The fourth-order valence-electron chi connectivity index (χ4n) is 5.08. The van der Waals surface area contributed by atoms with E-state index in [1.807, 2.05) is 30.3 Å². The maximum atomic E-state index is 13.4. The Hall–Kier alpha value is -3.14. The molecule has 0 radical (unpaired) electrons. The van der Waals surface area contributed by atoms with Gasteiger partial charge in [-0.2, -0.15) is 4.68 Å². The van der Waals surface area contributed by atoms with E-state index in [0.29, 0.717) is 22.2 Å². The Bertz CT molecular complexity index is 1260. The molecule has 0 bridgehead atoms. The number of carbonyl (C=O) groups excluding carboxylic acids is 2. The van der Waals surface area contributed by atoms with Gasteiger partial charge >= 0.3 is 6.03 Å². The molecule has 0 aromatic heterocycles. The van der Waals surface area contributed by atoms with Crippen molar-refractivity contribution in [2.24, 2.45) is 0 Å². The molecule has 1 saturated carbocycles. The predicted octanol–water partition coefficient (Wildman–Crippen LogP) is 3.90. The van der Waals surface area contributed by atoms with Gasteiger partial charge in [-0.1, -0.05) is 55.6 Å². The third-order valence-electron chi connectivity index (χ3n) is 7.00. The molecule has 1 aromatic rings. The SMILES string of the molecule is C[C@@H](Sc1nc2nn(-c3ccccc3)c(=O)c-2c2n1CCCCC2)C(=O)NC(=O)NC1CCCCC1. The molecule has 3 aliphatic heterocycles. The van der Waals surface area contributed by atoms with Crippen molar-refractivity contribution < 1.29 is 9.59 Å². The number of benzene rings is 1. The molecule has 1 atom stereocenters. The Kier molecular flexibility index (Phi) is 7.41. The minimum atomic E-state index is -0.546. The van der Waals surface area contributed by atoms with Crippen LogP contribution >= 0.6 is 11.8 Å². The molecule has 36 heavy (non-hydrogen) atoms. The molecule has 1 aromatic carbocycles. The quantitative estimate of drug-likeness (QED) is 0.400. The van der Waals surface area contributed by atoms with Crippen LogP contribution in [0.1, 0.15) is 64.0 Å². The Morgan fingerprint density at radius 3 is 2.58 bits per heavy atom. The normalized spacial score (nSPS) is 17.2. The van der Waals surface area contributed by atoms with Crippen molar-refractivity contribution in [1.82, 2.24) is 30.0 Å². The van der Waals surface area contributed by atoms with E-state index in [4.69, 9.17) is 4.98 Å². The highest BCUT2D eigenvalue weighted by molar-refractivity contribution is 8.00. The van der Waals surface area contributed by atoms with E-state index in [1.165, 1.54) is 22.9 Å². The zero-order valence-corrected chi connectivity index (χ0v) is 21.4. The predicted molar refractivity (Wildman–Crippen MR) is 139 cm³/mol. The summed E-state index contributed by atoms with van der Waals surface area (Å²) in [5.74, 6) is 0.0275. The van der Waals surface area contributed by atoms with Gasteiger partial charge in [0.05, 0.1) is 10.9 Å². The lowest BCUT2D eigenvalue weighted by atomic mass is 9.96. The molecule has 9 nitrogen and oxygen atoms in total. The van der Waals surface area contributed by atoms with E-state index < -0.39 is 11.3 Å². The average Bonchev–Trinajstić information content (AvgIpc) is 3.04. The first-order chi connectivity index (χ1) is 17.5. The largest absolute Gasteiger partial charge is 0.335 e. The minimum absolute atomic E-state index is 0.130. The number of nitrogens with zero attached hydrogens (tertiary/aromatic N) is 4. The molecule has 190 valence electrons. The third-order valence-corrected chi connectivity index (χ3v) is 8.09. The van der Waals surface area contributed by atoms with E-state index >= 15 is 0 Å². The molecule has 0 unspecified atom stereocenters. The van der Waals surface area contributed by atoms with Gasteiger partial charge in [-0.3, -0.25) is 14.9 Å². The summed E-state index contributed by atoms with van der Waals surface area (Å²) < 4.78 is 3.48. The second kappa shape index (κ2) is 10.9. The van der Waals surface area contributed by atoms with Gasteiger partial charge in [0.1, 0.15) is 5.56 Å². The lowest BCUT2D eigenvalue weighted by molar-refractivity contribution is -0.119. The smallest absolute Gasteiger partial charge is 0.321 e. The first-order valence-electron chi connectivity index (χ1n) is 12.9. The van der Waals surface area contributed by atoms with Crippen molar-refractivity contribution in [2.45, 2.75) is 87.7 Å². The number of urea groups is 1. The van der Waals surface area contributed by atoms with Gasteiger partial charge in [-0.05, 0) is 51.2 Å². The summed E-state index contributed by atoms with van der Waals surface area (Å²) in [4.78, 5) is 43.3. The van der Waals surface area contributed by atoms with Crippen LogP contribution in [0.2, 0.25) is 0 Å². The van der Waals surface area contributed by atoms with Crippen molar-refractivity contribution in [3.63, 3.8) is 0 Å². The zero-order chi connectivity index (χ0) is 25.1. The molecule has 2 N–H and O–H groups in total. The Labute approximate surface area is 214 Å². The number of imide groups is 1. The van der Waals surface area contributed by atoms with Crippen LogP contribution in [0.3, 0.4) is 0 Å². The van der Waals surface area contributed by atoms with Crippen molar-refractivity contribution in [3.05, 3.63) is 46.4 Å². The van der Waals surface area contributed by atoms with Crippen LogP contribution in [0, 0.1) is 0 Å². The van der Waals surface area contributed by atoms with E-state index in [1.54, 1.807) is 6.92 Å². The molecule has 3 amide bonds.